The van der Waals surface area contributed by atoms with Gasteiger partial charge in [-0.2, -0.15) is 0 Å². The van der Waals surface area contributed by atoms with Crippen LogP contribution in [0.15, 0.2) is 60.7 Å². The van der Waals surface area contributed by atoms with E-state index in [4.69, 9.17) is 5.21 Å². The smallest absolute Gasteiger partial charge is 0.308 e. The first kappa shape index (κ1) is 15.3. The first-order valence-electron chi connectivity index (χ1n) is 6.52. The average Bonchev–Trinajstić information content (AvgIpc) is 2.54. The number of hydrogen-bond donors (Lipinski definition) is 4. The maximum absolute atomic E-state index is 11.8. The zero-order chi connectivity index (χ0) is 15.8. The minimum absolute atomic E-state index is 0.339. The summed E-state index contributed by atoms with van der Waals surface area (Å²) in [4.78, 5) is 22.7. The molecule has 0 heterocycles. The molecule has 6 heteroatoms. The Morgan fingerprint density at radius 1 is 0.864 bits per heavy atom. The van der Waals surface area contributed by atoms with Gasteiger partial charge in [0.15, 0.2) is 0 Å². The zero-order valence-corrected chi connectivity index (χ0v) is 11.6. The lowest BCUT2D eigenvalue weighted by Gasteiger charge is -2.07. The van der Waals surface area contributed by atoms with Gasteiger partial charge in [-0.05, 0) is 35.9 Å². The number of anilines is 2. The standard InChI is InChI=1S/C16H15N3O3/c20-15(19-22)11-8-12-6-9-14(10-7-12)18-16(21)17-13-4-2-1-3-5-13/h1-11,22H,(H,19,20)(H2,17,18,21)/b11-8+. The fourth-order valence-electron chi connectivity index (χ4n) is 1.70. The van der Waals surface area contributed by atoms with Gasteiger partial charge >= 0.3 is 6.03 Å². The molecule has 22 heavy (non-hydrogen) atoms. The molecule has 0 aromatic heterocycles. The van der Waals surface area contributed by atoms with E-state index in [0.717, 1.165) is 5.56 Å². The van der Waals surface area contributed by atoms with Crippen LogP contribution >= 0.6 is 0 Å². The van der Waals surface area contributed by atoms with E-state index in [0.29, 0.717) is 11.4 Å². The Morgan fingerprint density at radius 2 is 1.45 bits per heavy atom. The molecule has 6 nitrogen and oxygen atoms in total. The normalized spacial score (nSPS) is 10.2. The lowest BCUT2D eigenvalue weighted by atomic mass is 10.2. The van der Waals surface area contributed by atoms with Crippen LogP contribution in [-0.4, -0.2) is 17.1 Å². The Balaban J connectivity index is 1.92. The van der Waals surface area contributed by atoms with Gasteiger partial charge in [-0.3, -0.25) is 10.0 Å². The Hall–Kier alpha value is -3.12. The molecule has 0 saturated heterocycles. The van der Waals surface area contributed by atoms with Crippen molar-refractivity contribution >= 4 is 29.4 Å². The molecule has 0 atom stereocenters. The van der Waals surface area contributed by atoms with Crippen molar-refractivity contribution < 1.29 is 14.8 Å². The maximum atomic E-state index is 11.8. The number of hydroxylamine groups is 1. The van der Waals surface area contributed by atoms with Crippen LogP contribution in [0.1, 0.15) is 5.56 Å². The highest BCUT2D eigenvalue weighted by atomic mass is 16.5. The molecular weight excluding hydrogens is 282 g/mol. The molecule has 0 aliphatic rings. The summed E-state index contributed by atoms with van der Waals surface area (Å²) in [5, 5.41) is 13.8. The maximum Gasteiger partial charge on any atom is 0.323 e. The van der Waals surface area contributed by atoms with E-state index in [-0.39, 0.29) is 6.03 Å². The van der Waals surface area contributed by atoms with Gasteiger partial charge in [0.2, 0.25) is 0 Å². The third-order valence-electron chi connectivity index (χ3n) is 2.74. The van der Waals surface area contributed by atoms with Gasteiger partial charge < -0.3 is 10.6 Å². The van der Waals surface area contributed by atoms with Gasteiger partial charge in [-0.25, -0.2) is 10.3 Å². The Kier molecular flexibility index (Phi) is 5.28. The quantitative estimate of drug-likeness (QED) is 0.397. The van der Waals surface area contributed by atoms with Crippen molar-refractivity contribution in [2.24, 2.45) is 0 Å². The number of rotatable bonds is 4. The van der Waals surface area contributed by atoms with Crippen LogP contribution < -0.4 is 16.1 Å². The molecule has 0 aliphatic carbocycles. The molecule has 0 fully saturated rings. The lowest BCUT2D eigenvalue weighted by molar-refractivity contribution is -0.124. The van der Waals surface area contributed by atoms with Gasteiger partial charge in [0.25, 0.3) is 5.91 Å². The number of nitrogens with one attached hydrogen (secondary N) is 3. The van der Waals surface area contributed by atoms with Crippen molar-refractivity contribution in [3.05, 3.63) is 66.2 Å². The molecule has 2 rings (SSSR count). The summed E-state index contributed by atoms with van der Waals surface area (Å²) < 4.78 is 0. The largest absolute Gasteiger partial charge is 0.323 e. The van der Waals surface area contributed by atoms with Crippen LogP contribution in [0.25, 0.3) is 6.08 Å². The van der Waals surface area contributed by atoms with Crippen molar-refractivity contribution in [3.63, 3.8) is 0 Å². The topological polar surface area (TPSA) is 90.5 Å². The van der Waals surface area contributed by atoms with Crippen molar-refractivity contribution in [1.29, 1.82) is 0 Å². The van der Waals surface area contributed by atoms with Crippen molar-refractivity contribution in [1.82, 2.24) is 5.48 Å². The summed E-state index contributed by atoms with van der Waals surface area (Å²) in [5.74, 6) is -0.607. The number of para-hydroxylation sites is 1. The van der Waals surface area contributed by atoms with E-state index in [1.54, 1.807) is 42.5 Å². The molecule has 2 aromatic carbocycles. The first-order chi connectivity index (χ1) is 10.7. The molecule has 0 spiro atoms. The molecule has 0 radical (unpaired) electrons. The average molecular weight is 297 g/mol. The summed E-state index contributed by atoms with van der Waals surface area (Å²) in [7, 11) is 0. The van der Waals surface area contributed by atoms with E-state index in [2.05, 4.69) is 10.6 Å². The second-order valence-electron chi connectivity index (χ2n) is 4.38. The number of urea groups is 1. The zero-order valence-electron chi connectivity index (χ0n) is 11.6. The highest BCUT2D eigenvalue weighted by molar-refractivity contribution is 5.99. The minimum Gasteiger partial charge on any atom is -0.308 e. The highest BCUT2D eigenvalue weighted by Gasteiger charge is 2.02. The third-order valence-corrected chi connectivity index (χ3v) is 2.74. The second-order valence-corrected chi connectivity index (χ2v) is 4.38. The number of amides is 3. The number of carbonyl (C=O) groups is 2. The summed E-state index contributed by atoms with van der Waals surface area (Å²) in [6, 6.07) is 15.7. The molecular formula is C16H15N3O3. The van der Waals surface area contributed by atoms with Gasteiger partial charge in [-0.15, -0.1) is 0 Å². The second kappa shape index (κ2) is 7.61. The van der Waals surface area contributed by atoms with Crippen LogP contribution in [0.2, 0.25) is 0 Å². The highest BCUT2D eigenvalue weighted by Crippen LogP contribution is 2.12. The number of hydrogen-bond acceptors (Lipinski definition) is 3. The molecule has 112 valence electrons. The molecule has 4 N–H and O–H groups in total. The number of benzene rings is 2. The van der Waals surface area contributed by atoms with Crippen LogP contribution in [0.5, 0.6) is 0 Å². The predicted molar refractivity (Wildman–Crippen MR) is 84.5 cm³/mol. The summed E-state index contributed by atoms with van der Waals surface area (Å²) in [6.07, 6.45) is 2.74. The fourth-order valence-corrected chi connectivity index (χ4v) is 1.70. The van der Waals surface area contributed by atoms with Crippen molar-refractivity contribution in [3.8, 4) is 0 Å². The monoisotopic (exact) mass is 297 g/mol. The van der Waals surface area contributed by atoms with Crippen LogP contribution in [0.3, 0.4) is 0 Å². The SMILES string of the molecule is O=C(/C=C/c1ccc(NC(=O)Nc2ccccc2)cc1)NO. The predicted octanol–water partition coefficient (Wildman–Crippen LogP) is 2.85. The van der Waals surface area contributed by atoms with Gasteiger partial charge in [0.05, 0.1) is 0 Å². The first-order valence-corrected chi connectivity index (χ1v) is 6.52. The lowest BCUT2D eigenvalue weighted by Crippen LogP contribution is -2.19. The fraction of sp³-hybridized carbons (Fsp3) is 0. The summed E-state index contributed by atoms with van der Waals surface area (Å²) >= 11 is 0. The molecule has 3 amide bonds. The molecule has 0 saturated carbocycles. The molecule has 0 aliphatic heterocycles. The minimum atomic E-state index is -0.607. The van der Waals surface area contributed by atoms with E-state index in [1.807, 2.05) is 18.2 Å². The Morgan fingerprint density at radius 3 is 2.05 bits per heavy atom. The van der Waals surface area contributed by atoms with Gasteiger partial charge in [0.1, 0.15) is 0 Å². The van der Waals surface area contributed by atoms with Gasteiger partial charge in [-0.1, -0.05) is 30.3 Å². The van der Waals surface area contributed by atoms with Gasteiger partial charge in [0, 0.05) is 17.5 Å². The van der Waals surface area contributed by atoms with Crippen molar-refractivity contribution in [2.75, 3.05) is 10.6 Å². The molecule has 0 unspecified atom stereocenters. The van der Waals surface area contributed by atoms with Crippen LogP contribution in [0, 0.1) is 0 Å². The summed E-state index contributed by atoms with van der Waals surface area (Å²) in [6.45, 7) is 0. The van der Waals surface area contributed by atoms with Crippen LogP contribution in [-0.2, 0) is 4.79 Å². The summed E-state index contributed by atoms with van der Waals surface area (Å²) in [5.41, 5.74) is 3.59. The third kappa shape index (κ3) is 4.77. The van der Waals surface area contributed by atoms with E-state index < -0.39 is 5.91 Å². The van der Waals surface area contributed by atoms with Crippen molar-refractivity contribution in [2.45, 2.75) is 0 Å². The Labute approximate surface area is 127 Å². The van der Waals surface area contributed by atoms with Crippen LogP contribution in [0.4, 0.5) is 16.2 Å². The van der Waals surface area contributed by atoms with E-state index in [9.17, 15) is 9.59 Å². The number of carbonyl (C=O) groups excluding carboxylic acids is 2. The molecule has 0 bridgehead atoms. The molecule has 2 aromatic rings. The van der Waals surface area contributed by atoms with E-state index in [1.165, 1.54) is 11.6 Å². The van der Waals surface area contributed by atoms with E-state index >= 15 is 0 Å². The Bertz CT molecular complexity index is 667.